The van der Waals surface area contributed by atoms with Crippen LogP contribution in [0.2, 0.25) is 0 Å². The Balaban J connectivity index is 1.79. The third kappa shape index (κ3) is 5.24. The van der Waals surface area contributed by atoms with E-state index in [-0.39, 0.29) is 11.7 Å². The highest BCUT2D eigenvalue weighted by Crippen LogP contribution is 2.23. The third-order valence-electron chi connectivity index (χ3n) is 2.36. The van der Waals surface area contributed by atoms with Crippen molar-refractivity contribution in [3.05, 3.63) is 24.3 Å². The number of carbonyl (C=O) groups excluding carboxylic acids is 1. The van der Waals surface area contributed by atoms with Gasteiger partial charge in [-0.15, -0.1) is 10.2 Å². The first-order valence-electron chi connectivity index (χ1n) is 6.42. The molecule has 0 saturated heterocycles. The van der Waals surface area contributed by atoms with Crippen molar-refractivity contribution in [3.63, 3.8) is 0 Å². The molecule has 6 nitrogen and oxygen atoms in total. The van der Waals surface area contributed by atoms with E-state index < -0.39 is 0 Å². The van der Waals surface area contributed by atoms with Crippen molar-refractivity contribution in [2.24, 2.45) is 0 Å². The fourth-order valence-electron chi connectivity index (χ4n) is 1.46. The number of anilines is 2. The summed E-state index contributed by atoms with van der Waals surface area (Å²) in [5.41, 5.74) is 6.21. The summed E-state index contributed by atoms with van der Waals surface area (Å²) >= 11 is 2.58. The highest BCUT2D eigenvalue weighted by molar-refractivity contribution is 8.01. The van der Waals surface area contributed by atoms with Gasteiger partial charge >= 0.3 is 0 Å². The van der Waals surface area contributed by atoms with Crippen molar-refractivity contribution >= 4 is 39.8 Å². The van der Waals surface area contributed by atoms with Gasteiger partial charge in [0, 0.05) is 5.69 Å². The largest absolute Gasteiger partial charge is 0.494 e. The first kappa shape index (κ1) is 15.6. The van der Waals surface area contributed by atoms with Crippen LogP contribution in [0.1, 0.15) is 13.3 Å². The lowest BCUT2D eigenvalue weighted by molar-refractivity contribution is -0.113. The van der Waals surface area contributed by atoms with Gasteiger partial charge < -0.3 is 15.8 Å². The molecule has 21 heavy (non-hydrogen) atoms. The fraction of sp³-hybridized carbons (Fsp3) is 0.308. The molecular weight excluding hydrogens is 308 g/mol. The second kappa shape index (κ2) is 7.84. The van der Waals surface area contributed by atoms with E-state index in [1.165, 1.54) is 23.1 Å². The number of nitrogen functional groups attached to an aromatic ring is 1. The van der Waals surface area contributed by atoms with Gasteiger partial charge in [-0.2, -0.15) is 0 Å². The summed E-state index contributed by atoms with van der Waals surface area (Å²) in [4.78, 5) is 11.8. The maximum Gasteiger partial charge on any atom is 0.234 e. The zero-order chi connectivity index (χ0) is 15.1. The molecule has 1 heterocycles. The van der Waals surface area contributed by atoms with Crippen LogP contribution in [0.4, 0.5) is 10.8 Å². The van der Waals surface area contributed by atoms with Crippen LogP contribution in [0.25, 0.3) is 0 Å². The van der Waals surface area contributed by atoms with Gasteiger partial charge in [-0.3, -0.25) is 4.79 Å². The monoisotopic (exact) mass is 324 g/mol. The average molecular weight is 324 g/mol. The molecule has 1 aromatic carbocycles. The van der Waals surface area contributed by atoms with E-state index in [1.807, 2.05) is 24.3 Å². The molecule has 3 N–H and O–H groups in total. The maximum absolute atomic E-state index is 11.8. The number of hydrogen-bond donors (Lipinski definition) is 2. The fourth-order valence-corrected chi connectivity index (χ4v) is 2.89. The van der Waals surface area contributed by atoms with Gasteiger partial charge in [0.05, 0.1) is 12.4 Å². The molecule has 0 spiro atoms. The number of nitrogens with one attached hydrogen (secondary N) is 1. The normalized spacial score (nSPS) is 10.3. The molecule has 0 fully saturated rings. The molecule has 2 aromatic rings. The Hall–Kier alpha value is -1.80. The molecular formula is C13H16N4O2S2. The number of thioether (sulfide) groups is 1. The molecule has 0 saturated carbocycles. The minimum atomic E-state index is -0.101. The summed E-state index contributed by atoms with van der Waals surface area (Å²) < 4.78 is 6.17. The van der Waals surface area contributed by atoms with Crippen LogP contribution in [0.5, 0.6) is 5.75 Å². The SMILES string of the molecule is CCCOc1ccc(NC(=O)CSc2nnc(N)s2)cc1. The zero-order valence-corrected chi connectivity index (χ0v) is 13.2. The lowest BCUT2D eigenvalue weighted by Crippen LogP contribution is -2.13. The standard InChI is InChI=1S/C13H16N4O2S2/c1-2-7-19-10-5-3-9(4-6-10)15-11(18)8-20-13-17-16-12(14)21-13/h3-6H,2,7-8H2,1H3,(H2,14,16)(H,15,18). The van der Waals surface area contributed by atoms with Crippen molar-refractivity contribution in [2.75, 3.05) is 23.4 Å². The first-order valence-corrected chi connectivity index (χ1v) is 8.22. The van der Waals surface area contributed by atoms with Crippen LogP contribution in [-0.4, -0.2) is 28.5 Å². The summed E-state index contributed by atoms with van der Waals surface area (Å²) in [5, 5.41) is 10.8. The lowest BCUT2D eigenvalue weighted by Gasteiger charge is -2.07. The minimum absolute atomic E-state index is 0.101. The Morgan fingerprint density at radius 1 is 1.38 bits per heavy atom. The van der Waals surface area contributed by atoms with Crippen molar-refractivity contribution in [1.29, 1.82) is 0 Å². The third-order valence-corrected chi connectivity index (χ3v) is 4.25. The number of ether oxygens (including phenoxy) is 1. The van der Waals surface area contributed by atoms with E-state index >= 15 is 0 Å². The maximum atomic E-state index is 11.8. The van der Waals surface area contributed by atoms with E-state index in [0.29, 0.717) is 16.1 Å². The van der Waals surface area contributed by atoms with Crippen LogP contribution in [0.15, 0.2) is 28.6 Å². The molecule has 0 bridgehead atoms. The molecule has 0 atom stereocenters. The summed E-state index contributed by atoms with van der Waals surface area (Å²) in [6.07, 6.45) is 0.964. The van der Waals surface area contributed by atoms with Crippen molar-refractivity contribution in [2.45, 2.75) is 17.7 Å². The molecule has 0 radical (unpaired) electrons. The van der Waals surface area contributed by atoms with E-state index in [2.05, 4.69) is 22.4 Å². The number of amides is 1. The Morgan fingerprint density at radius 3 is 2.76 bits per heavy atom. The van der Waals surface area contributed by atoms with Gasteiger partial charge in [0.15, 0.2) is 4.34 Å². The quantitative estimate of drug-likeness (QED) is 0.761. The van der Waals surface area contributed by atoms with Crippen LogP contribution in [0.3, 0.4) is 0 Å². The second-order valence-corrected chi connectivity index (χ2v) is 6.35. The smallest absolute Gasteiger partial charge is 0.234 e. The predicted molar refractivity (Wildman–Crippen MR) is 85.9 cm³/mol. The Morgan fingerprint density at radius 2 is 2.14 bits per heavy atom. The number of aromatic nitrogens is 2. The molecule has 8 heteroatoms. The molecule has 0 unspecified atom stereocenters. The van der Waals surface area contributed by atoms with Crippen molar-refractivity contribution in [1.82, 2.24) is 10.2 Å². The number of benzene rings is 1. The van der Waals surface area contributed by atoms with Gasteiger partial charge in [-0.05, 0) is 30.7 Å². The van der Waals surface area contributed by atoms with E-state index in [0.717, 1.165) is 17.9 Å². The highest BCUT2D eigenvalue weighted by Gasteiger charge is 2.07. The Labute approximate surface area is 131 Å². The van der Waals surface area contributed by atoms with Crippen LogP contribution < -0.4 is 15.8 Å². The highest BCUT2D eigenvalue weighted by atomic mass is 32.2. The number of rotatable bonds is 7. The average Bonchev–Trinajstić information content (AvgIpc) is 2.90. The van der Waals surface area contributed by atoms with Crippen molar-refractivity contribution in [3.8, 4) is 5.75 Å². The molecule has 0 aliphatic heterocycles. The molecule has 2 rings (SSSR count). The molecule has 0 aliphatic rings. The van der Waals surface area contributed by atoms with Crippen molar-refractivity contribution < 1.29 is 9.53 Å². The Kier molecular flexibility index (Phi) is 5.82. The van der Waals surface area contributed by atoms with Crippen LogP contribution in [0, 0.1) is 0 Å². The molecule has 1 aromatic heterocycles. The molecule has 112 valence electrons. The predicted octanol–water partition coefficient (Wildman–Crippen LogP) is 2.64. The van der Waals surface area contributed by atoms with Gasteiger partial charge in [-0.1, -0.05) is 30.0 Å². The van der Waals surface area contributed by atoms with Crippen LogP contribution >= 0.6 is 23.1 Å². The number of nitrogens with zero attached hydrogens (tertiary/aromatic N) is 2. The number of carbonyl (C=O) groups is 1. The zero-order valence-electron chi connectivity index (χ0n) is 11.5. The van der Waals surface area contributed by atoms with Gasteiger partial charge in [-0.25, -0.2) is 0 Å². The van der Waals surface area contributed by atoms with Gasteiger partial charge in [0.2, 0.25) is 11.0 Å². The van der Waals surface area contributed by atoms with Gasteiger partial charge in [0.25, 0.3) is 0 Å². The minimum Gasteiger partial charge on any atom is -0.494 e. The molecule has 0 aliphatic carbocycles. The first-order chi connectivity index (χ1) is 10.2. The van der Waals surface area contributed by atoms with E-state index in [1.54, 1.807) is 0 Å². The summed E-state index contributed by atoms with van der Waals surface area (Å²) in [6, 6.07) is 7.31. The van der Waals surface area contributed by atoms with E-state index in [9.17, 15) is 4.79 Å². The number of nitrogens with two attached hydrogens (primary N) is 1. The summed E-state index contributed by atoms with van der Waals surface area (Å²) in [7, 11) is 0. The van der Waals surface area contributed by atoms with Gasteiger partial charge in [0.1, 0.15) is 5.75 Å². The summed E-state index contributed by atoms with van der Waals surface area (Å²) in [5.74, 6) is 0.965. The topological polar surface area (TPSA) is 90.1 Å². The number of hydrogen-bond acceptors (Lipinski definition) is 7. The lowest BCUT2D eigenvalue weighted by atomic mass is 10.3. The second-order valence-electron chi connectivity index (χ2n) is 4.12. The van der Waals surface area contributed by atoms with E-state index in [4.69, 9.17) is 10.5 Å². The summed E-state index contributed by atoms with van der Waals surface area (Å²) in [6.45, 7) is 2.74. The Bertz CT molecular complexity index is 586. The van der Waals surface area contributed by atoms with Crippen LogP contribution in [-0.2, 0) is 4.79 Å². The molecule has 1 amide bonds.